The Bertz CT molecular complexity index is 1160. The normalized spacial score (nSPS) is 12.5. The van der Waals surface area contributed by atoms with Crippen molar-refractivity contribution < 1.29 is 13.2 Å². The summed E-state index contributed by atoms with van der Waals surface area (Å²) in [4.78, 5) is 12.6. The fraction of sp³-hybridized carbons (Fsp3) is 0.192. The van der Waals surface area contributed by atoms with E-state index in [0.717, 1.165) is 16.7 Å². The molecule has 3 rings (SSSR count). The molecule has 3 aromatic rings. The van der Waals surface area contributed by atoms with Crippen LogP contribution in [0.2, 0.25) is 0 Å². The number of anilines is 2. The highest BCUT2D eigenvalue weighted by Crippen LogP contribution is 2.14. The van der Waals surface area contributed by atoms with E-state index < -0.39 is 10.0 Å². The Labute approximate surface area is 195 Å². The fourth-order valence-electron chi connectivity index (χ4n) is 3.13. The van der Waals surface area contributed by atoms with Crippen LogP contribution >= 0.6 is 0 Å². The Morgan fingerprint density at radius 2 is 1.45 bits per heavy atom. The number of amides is 1. The van der Waals surface area contributed by atoms with Crippen molar-refractivity contribution in [3.8, 4) is 0 Å². The van der Waals surface area contributed by atoms with Crippen molar-refractivity contribution in [1.82, 2.24) is 5.32 Å². The van der Waals surface area contributed by atoms with Gasteiger partial charge in [0.2, 0.25) is 0 Å². The zero-order valence-electron chi connectivity index (χ0n) is 18.7. The van der Waals surface area contributed by atoms with Crippen LogP contribution in [-0.4, -0.2) is 26.9 Å². The maximum atomic E-state index is 12.6. The summed E-state index contributed by atoms with van der Waals surface area (Å²) in [5, 5.41) is 7.52. The molecule has 0 unspecified atom stereocenters. The zero-order valence-corrected chi connectivity index (χ0v) is 19.5. The molecule has 1 atom stereocenters. The first kappa shape index (κ1) is 24.1. The molecule has 0 radical (unpaired) electrons. The van der Waals surface area contributed by atoms with Crippen molar-refractivity contribution >= 4 is 33.4 Å². The number of carbonyl (C=O) groups excluding carboxylic acids is 1. The SMILES string of the molecule is CC(C)[C@H](CNC(=O)c1ccc(NS(=O)(=O)/C=C\c2ccccc2)cc1)Nc1ccccc1. The molecule has 0 aromatic heterocycles. The molecule has 0 spiro atoms. The molecule has 0 heterocycles. The lowest BCUT2D eigenvalue weighted by Crippen LogP contribution is -2.39. The Balaban J connectivity index is 1.56. The van der Waals surface area contributed by atoms with Gasteiger partial charge < -0.3 is 10.6 Å². The minimum absolute atomic E-state index is 0.0684. The lowest BCUT2D eigenvalue weighted by atomic mass is 10.0. The van der Waals surface area contributed by atoms with E-state index in [1.165, 1.54) is 6.08 Å². The van der Waals surface area contributed by atoms with E-state index in [4.69, 9.17) is 0 Å². The summed E-state index contributed by atoms with van der Waals surface area (Å²) in [5.74, 6) is 0.0973. The average molecular weight is 464 g/mol. The molecule has 1 amide bonds. The molecule has 172 valence electrons. The molecular weight excluding hydrogens is 434 g/mol. The van der Waals surface area contributed by atoms with Crippen LogP contribution in [0, 0.1) is 5.92 Å². The fourth-order valence-corrected chi connectivity index (χ4v) is 4.00. The summed E-state index contributed by atoms with van der Waals surface area (Å²) < 4.78 is 27.1. The molecule has 0 saturated heterocycles. The van der Waals surface area contributed by atoms with E-state index in [1.807, 2.05) is 60.7 Å². The Kier molecular flexibility index (Phi) is 8.27. The van der Waals surface area contributed by atoms with Crippen LogP contribution in [0.3, 0.4) is 0 Å². The first-order chi connectivity index (χ1) is 15.8. The van der Waals surface area contributed by atoms with Crippen LogP contribution in [0.15, 0.2) is 90.3 Å². The van der Waals surface area contributed by atoms with Gasteiger partial charge in [0.15, 0.2) is 0 Å². The maximum Gasteiger partial charge on any atom is 0.255 e. The number of rotatable bonds is 10. The summed E-state index contributed by atoms with van der Waals surface area (Å²) in [6, 6.07) is 25.5. The molecule has 0 aliphatic carbocycles. The topological polar surface area (TPSA) is 87.3 Å². The number of carbonyl (C=O) groups is 1. The van der Waals surface area contributed by atoms with E-state index >= 15 is 0 Å². The van der Waals surface area contributed by atoms with Gasteiger partial charge in [-0.15, -0.1) is 0 Å². The highest BCUT2D eigenvalue weighted by molar-refractivity contribution is 7.95. The molecule has 7 heteroatoms. The summed E-state index contributed by atoms with van der Waals surface area (Å²) in [5.41, 5.74) is 2.63. The van der Waals surface area contributed by atoms with Gasteiger partial charge in [-0.2, -0.15) is 0 Å². The largest absolute Gasteiger partial charge is 0.380 e. The predicted octanol–water partition coefficient (Wildman–Crippen LogP) is 4.97. The molecule has 0 aliphatic heterocycles. The van der Waals surface area contributed by atoms with Crippen LogP contribution in [0.5, 0.6) is 0 Å². The summed E-state index contributed by atoms with van der Waals surface area (Å²) >= 11 is 0. The average Bonchev–Trinajstić information content (AvgIpc) is 2.82. The van der Waals surface area contributed by atoms with E-state index in [-0.39, 0.29) is 11.9 Å². The van der Waals surface area contributed by atoms with Gasteiger partial charge in [-0.05, 0) is 54.0 Å². The summed E-state index contributed by atoms with van der Waals surface area (Å²) in [6.45, 7) is 4.66. The van der Waals surface area contributed by atoms with Crippen LogP contribution in [-0.2, 0) is 10.0 Å². The molecular formula is C26H29N3O3S. The quantitative estimate of drug-likeness (QED) is 0.396. The van der Waals surface area contributed by atoms with Crippen LogP contribution < -0.4 is 15.4 Å². The first-order valence-corrected chi connectivity index (χ1v) is 12.3. The third kappa shape index (κ3) is 7.80. The number of nitrogens with one attached hydrogen (secondary N) is 3. The third-order valence-electron chi connectivity index (χ3n) is 5.06. The van der Waals surface area contributed by atoms with Gasteiger partial charge in [0, 0.05) is 29.5 Å². The van der Waals surface area contributed by atoms with Crippen molar-refractivity contribution in [3.05, 3.63) is 101 Å². The van der Waals surface area contributed by atoms with E-state index in [2.05, 4.69) is 29.2 Å². The minimum Gasteiger partial charge on any atom is -0.380 e. The van der Waals surface area contributed by atoms with E-state index in [1.54, 1.807) is 24.3 Å². The first-order valence-electron chi connectivity index (χ1n) is 10.8. The van der Waals surface area contributed by atoms with Crippen molar-refractivity contribution in [2.24, 2.45) is 5.92 Å². The molecule has 0 bridgehead atoms. The van der Waals surface area contributed by atoms with Crippen LogP contribution in [0.4, 0.5) is 11.4 Å². The third-order valence-corrected chi connectivity index (χ3v) is 6.07. The van der Waals surface area contributed by atoms with Crippen LogP contribution in [0.1, 0.15) is 29.8 Å². The molecule has 6 nitrogen and oxygen atoms in total. The number of sulfonamides is 1. The monoisotopic (exact) mass is 463 g/mol. The van der Waals surface area contributed by atoms with E-state index in [9.17, 15) is 13.2 Å². The predicted molar refractivity (Wildman–Crippen MR) is 135 cm³/mol. The number of hydrogen-bond acceptors (Lipinski definition) is 4. The molecule has 0 saturated carbocycles. The standard InChI is InChI=1S/C26H29N3O3S/c1-20(2)25(28-23-11-7-4-8-12-23)19-27-26(30)22-13-15-24(16-14-22)29-33(31,32)18-17-21-9-5-3-6-10-21/h3-18,20,25,28-29H,19H2,1-2H3,(H,27,30)/b18-17-/t25-/m0/s1. The van der Waals surface area contributed by atoms with Gasteiger partial charge in [0.05, 0.1) is 5.41 Å². The number of benzene rings is 3. The Morgan fingerprint density at radius 3 is 2.06 bits per heavy atom. The molecule has 3 aromatic carbocycles. The second kappa shape index (κ2) is 11.3. The van der Waals surface area contributed by atoms with Crippen molar-refractivity contribution in [2.45, 2.75) is 19.9 Å². The van der Waals surface area contributed by atoms with Gasteiger partial charge in [0.1, 0.15) is 0 Å². The number of hydrogen-bond donors (Lipinski definition) is 3. The molecule has 33 heavy (non-hydrogen) atoms. The highest BCUT2D eigenvalue weighted by Gasteiger charge is 2.15. The lowest BCUT2D eigenvalue weighted by molar-refractivity contribution is 0.0950. The minimum atomic E-state index is -3.67. The molecule has 3 N–H and O–H groups in total. The summed E-state index contributed by atoms with van der Waals surface area (Å²) in [7, 11) is -3.67. The Morgan fingerprint density at radius 1 is 0.848 bits per heavy atom. The van der Waals surface area contributed by atoms with Crippen molar-refractivity contribution in [2.75, 3.05) is 16.6 Å². The second-order valence-corrected chi connectivity index (χ2v) is 9.58. The maximum absolute atomic E-state index is 12.6. The highest BCUT2D eigenvalue weighted by atomic mass is 32.2. The zero-order chi connectivity index (χ0) is 23.7. The van der Waals surface area contributed by atoms with Gasteiger partial charge in [0.25, 0.3) is 15.9 Å². The van der Waals surface area contributed by atoms with Gasteiger partial charge in [-0.25, -0.2) is 8.42 Å². The van der Waals surface area contributed by atoms with Crippen molar-refractivity contribution in [1.29, 1.82) is 0 Å². The summed E-state index contributed by atoms with van der Waals surface area (Å²) in [6.07, 6.45) is 1.53. The Hall–Kier alpha value is -3.58. The lowest BCUT2D eigenvalue weighted by Gasteiger charge is -2.24. The van der Waals surface area contributed by atoms with Gasteiger partial charge >= 0.3 is 0 Å². The van der Waals surface area contributed by atoms with Gasteiger partial charge in [-0.1, -0.05) is 62.4 Å². The van der Waals surface area contributed by atoms with E-state index in [0.29, 0.717) is 23.7 Å². The van der Waals surface area contributed by atoms with Crippen LogP contribution in [0.25, 0.3) is 6.08 Å². The van der Waals surface area contributed by atoms with Gasteiger partial charge in [-0.3, -0.25) is 9.52 Å². The molecule has 0 aliphatic rings. The second-order valence-electron chi connectivity index (χ2n) is 8.01. The molecule has 0 fully saturated rings. The van der Waals surface area contributed by atoms with Crippen molar-refractivity contribution in [3.63, 3.8) is 0 Å². The number of para-hydroxylation sites is 1. The smallest absolute Gasteiger partial charge is 0.255 e.